The molecule has 0 saturated heterocycles. The smallest absolute Gasteiger partial charge is 0.328 e. The maximum atomic E-state index is 12.7. The van der Waals surface area contributed by atoms with Crippen LogP contribution in [0.5, 0.6) is 0 Å². The number of carbonyl (C=O) groups excluding carboxylic acids is 2. The third-order valence-corrected chi connectivity index (χ3v) is 4.36. The van der Waals surface area contributed by atoms with E-state index in [0.29, 0.717) is 12.8 Å². The Labute approximate surface area is 161 Å². The van der Waals surface area contributed by atoms with Crippen molar-refractivity contribution in [1.82, 2.24) is 5.32 Å². The van der Waals surface area contributed by atoms with Gasteiger partial charge in [-0.05, 0) is 23.8 Å². The zero-order chi connectivity index (χ0) is 20.4. The van der Waals surface area contributed by atoms with E-state index in [1.807, 2.05) is 30.3 Å². The molecule has 0 aliphatic rings. The van der Waals surface area contributed by atoms with Crippen LogP contribution in [-0.2, 0) is 25.5 Å². The van der Waals surface area contributed by atoms with E-state index in [9.17, 15) is 14.4 Å². The summed E-state index contributed by atoms with van der Waals surface area (Å²) in [7, 11) is 1.27. The largest absolute Gasteiger partial charge is 0.481 e. The molecule has 0 spiro atoms. The highest BCUT2D eigenvalue weighted by Gasteiger charge is 2.28. The first kappa shape index (κ1) is 22.7. The highest BCUT2D eigenvalue weighted by atomic mass is 16.5. The van der Waals surface area contributed by atoms with Gasteiger partial charge >= 0.3 is 11.9 Å². The molecule has 0 heterocycles. The summed E-state index contributed by atoms with van der Waals surface area (Å²) in [4.78, 5) is 35.9. The highest BCUT2D eigenvalue weighted by molar-refractivity contribution is 5.88. The van der Waals surface area contributed by atoms with Crippen LogP contribution in [0.1, 0.15) is 52.0 Å². The van der Waals surface area contributed by atoms with Crippen LogP contribution in [0.2, 0.25) is 0 Å². The van der Waals surface area contributed by atoms with E-state index in [-0.39, 0.29) is 11.8 Å². The molecule has 0 radical (unpaired) electrons. The van der Waals surface area contributed by atoms with Crippen LogP contribution >= 0.6 is 0 Å². The Balaban J connectivity index is 2.80. The maximum absolute atomic E-state index is 12.7. The topological polar surface area (TPSA) is 92.7 Å². The first-order valence-corrected chi connectivity index (χ1v) is 9.26. The van der Waals surface area contributed by atoms with Crippen molar-refractivity contribution < 1.29 is 24.2 Å². The van der Waals surface area contributed by atoms with Crippen LogP contribution in [-0.4, -0.2) is 36.1 Å². The van der Waals surface area contributed by atoms with Gasteiger partial charge < -0.3 is 15.2 Å². The molecule has 0 saturated carbocycles. The number of carboxylic acids is 1. The minimum absolute atomic E-state index is 0.117. The molecule has 1 aromatic rings. The van der Waals surface area contributed by atoms with Gasteiger partial charge in [-0.2, -0.15) is 0 Å². The SMILES string of the molecule is COC(=O)[C@H](Cc1ccccc1)NC(=O)[C@@H](CCCC(C)(C)C)CC(=O)O. The molecule has 0 aromatic heterocycles. The van der Waals surface area contributed by atoms with Gasteiger partial charge in [0.25, 0.3) is 0 Å². The number of carbonyl (C=O) groups is 3. The van der Waals surface area contributed by atoms with Gasteiger partial charge in [-0.1, -0.05) is 57.5 Å². The number of hydrogen-bond donors (Lipinski definition) is 2. The summed E-state index contributed by atoms with van der Waals surface area (Å²) in [5.41, 5.74) is 1.00. The average Bonchev–Trinajstić information content (AvgIpc) is 2.59. The Hall–Kier alpha value is -2.37. The lowest BCUT2D eigenvalue weighted by Crippen LogP contribution is -2.46. The van der Waals surface area contributed by atoms with E-state index in [2.05, 4.69) is 26.1 Å². The van der Waals surface area contributed by atoms with Crippen LogP contribution in [0.15, 0.2) is 30.3 Å². The summed E-state index contributed by atoms with van der Waals surface area (Å²) >= 11 is 0. The Morgan fingerprint density at radius 3 is 2.30 bits per heavy atom. The van der Waals surface area contributed by atoms with Gasteiger partial charge in [0.05, 0.1) is 13.5 Å². The molecule has 0 aliphatic heterocycles. The Kier molecular flexibility index (Phi) is 8.98. The van der Waals surface area contributed by atoms with Gasteiger partial charge in [0.15, 0.2) is 0 Å². The van der Waals surface area contributed by atoms with Crippen LogP contribution in [0.25, 0.3) is 0 Å². The van der Waals surface area contributed by atoms with Crippen molar-refractivity contribution in [2.45, 2.75) is 58.9 Å². The monoisotopic (exact) mass is 377 g/mol. The second kappa shape index (κ2) is 10.7. The lowest BCUT2D eigenvalue weighted by molar-refractivity contribution is -0.146. The van der Waals surface area contributed by atoms with Crippen molar-refractivity contribution in [2.24, 2.45) is 11.3 Å². The molecule has 0 aliphatic carbocycles. The van der Waals surface area contributed by atoms with E-state index in [1.54, 1.807) is 0 Å². The molecule has 6 nitrogen and oxygen atoms in total. The molecule has 2 N–H and O–H groups in total. The number of methoxy groups -OCH3 is 1. The summed E-state index contributed by atoms with van der Waals surface area (Å²) in [6, 6.07) is 8.45. The van der Waals surface area contributed by atoms with Gasteiger partial charge in [0.1, 0.15) is 6.04 Å². The number of ether oxygens (including phenoxy) is 1. The minimum atomic E-state index is -1.02. The number of aliphatic carboxylic acids is 1. The van der Waals surface area contributed by atoms with E-state index < -0.39 is 29.8 Å². The van der Waals surface area contributed by atoms with Crippen LogP contribution < -0.4 is 5.32 Å². The van der Waals surface area contributed by atoms with Crippen molar-refractivity contribution in [2.75, 3.05) is 7.11 Å². The lowest BCUT2D eigenvalue weighted by atomic mass is 9.87. The standard InChI is InChI=1S/C21H31NO5/c1-21(2,3)12-8-11-16(14-18(23)24)19(25)22-17(20(26)27-4)13-15-9-6-5-7-10-15/h5-7,9-10,16-17H,8,11-14H2,1-4H3,(H,22,25)(H,23,24)/t16-,17-/m0/s1. The molecule has 27 heavy (non-hydrogen) atoms. The van der Waals surface area contributed by atoms with Crippen molar-refractivity contribution in [3.8, 4) is 0 Å². The number of benzene rings is 1. The van der Waals surface area contributed by atoms with E-state index in [4.69, 9.17) is 9.84 Å². The molecule has 1 rings (SSSR count). The normalized spacial score (nSPS) is 13.5. The molecular weight excluding hydrogens is 346 g/mol. The molecule has 1 amide bonds. The predicted octanol–water partition coefficient (Wildman–Crippen LogP) is 3.19. The van der Waals surface area contributed by atoms with Crippen molar-refractivity contribution >= 4 is 17.8 Å². The second-order valence-corrected chi connectivity index (χ2v) is 8.02. The van der Waals surface area contributed by atoms with Crippen molar-refractivity contribution in [1.29, 1.82) is 0 Å². The maximum Gasteiger partial charge on any atom is 0.328 e. The number of hydrogen-bond acceptors (Lipinski definition) is 4. The van der Waals surface area contributed by atoms with Crippen LogP contribution in [0.4, 0.5) is 0 Å². The fourth-order valence-corrected chi connectivity index (χ4v) is 2.89. The first-order valence-electron chi connectivity index (χ1n) is 9.26. The van der Waals surface area contributed by atoms with E-state index in [0.717, 1.165) is 18.4 Å². The van der Waals surface area contributed by atoms with Gasteiger partial charge in [-0.15, -0.1) is 0 Å². The van der Waals surface area contributed by atoms with Crippen molar-refractivity contribution in [3.05, 3.63) is 35.9 Å². The van der Waals surface area contributed by atoms with E-state index >= 15 is 0 Å². The number of nitrogens with one attached hydrogen (secondary N) is 1. The summed E-state index contributed by atoms with van der Waals surface area (Å²) in [6.07, 6.45) is 2.14. The van der Waals surface area contributed by atoms with Gasteiger partial charge in [0.2, 0.25) is 5.91 Å². The van der Waals surface area contributed by atoms with Gasteiger partial charge in [-0.25, -0.2) is 4.79 Å². The summed E-state index contributed by atoms with van der Waals surface area (Å²) < 4.78 is 4.80. The second-order valence-electron chi connectivity index (χ2n) is 8.02. The van der Waals surface area contributed by atoms with E-state index in [1.165, 1.54) is 7.11 Å². The molecule has 0 fully saturated rings. The van der Waals surface area contributed by atoms with Gasteiger partial charge in [0, 0.05) is 12.3 Å². The molecule has 1 aromatic carbocycles. The van der Waals surface area contributed by atoms with Crippen LogP contribution in [0.3, 0.4) is 0 Å². The number of amides is 1. The van der Waals surface area contributed by atoms with Crippen molar-refractivity contribution in [3.63, 3.8) is 0 Å². The zero-order valence-corrected chi connectivity index (χ0v) is 16.7. The summed E-state index contributed by atoms with van der Waals surface area (Å²) in [5, 5.41) is 11.8. The number of carboxylic acid groups (broad SMARTS) is 1. The quantitative estimate of drug-likeness (QED) is 0.611. The third kappa shape index (κ3) is 9.22. The third-order valence-electron chi connectivity index (χ3n) is 4.36. The Morgan fingerprint density at radius 1 is 1.15 bits per heavy atom. The number of esters is 1. The summed E-state index contributed by atoms with van der Waals surface area (Å²) in [5.74, 6) is -2.66. The molecule has 0 bridgehead atoms. The molecular formula is C21H31NO5. The Morgan fingerprint density at radius 2 is 1.78 bits per heavy atom. The fraction of sp³-hybridized carbons (Fsp3) is 0.571. The minimum Gasteiger partial charge on any atom is -0.481 e. The zero-order valence-electron chi connectivity index (χ0n) is 16.7. The van der Waals surface area contributed by atoms with Gasteiger partial charge in [-0.3, -0.25) is 9.59 Å². The van der Waals surface area contributed by atoms with Crippen LogP contribution in [0, 0.1) is 11.3 Å². The highest BCUT2D eigenvalue weighted by Crippen LogP contribution is 2.24. The molecule has 2 atom stereocenters. The average molecular weight is 377 g/mol. The summed E-state index contributed by atoms with van der Waals surface area (Å²) in [6.45, 7) is 6.31. The molecule has 0 unspecified atom stereocenters. The molecule has 150 valence electrons. The predicted molar refractivity (Wildman–Crippen MR) is 103 cm³/mol. The number of rotatable bonds is 10. The Bertz CT molecular complexity index is 621. The molecule has 6 heteroatoms. The first-order chi connectivity index (χ1) is 12.6. The lowest BCUT2D eigenvalue weighted by Gasteiger charge is -2.22. The fourth-order valence-electron chi connectivity index (χ4n) is 2.89.